The highest BCUT2D eigenvalue weighted by Gasteiger charge is 2.05. The SMILES string of the molecule is CCNCc1cc(OC(C)C)ncc1Cl. The number of hydrogen-bond donors (Lipinski definition) is 1. The van der Waals surface area contributed by atoms with E-state index < -0.39 is 0 Å². The molecule has 0 atom stereocenters. The first kappa shape index (κ1) is 12.3. The Morgan fingerprint density at radius 3 is 2.87 bits per heavy atom. The molecule has 1 N–H and O–H groups in total. The monoisotopic (exact) mass is 228 g/mol. The summed E-state index contributed by atoms with van der Waals surface area (Å²) in [7, 11) is 0. The van der Waals surface area contributed by atoms with Crippen molar-refractivity contribution < 1.29 is 4.74 Å². The van der Waals surface area contributed by atoms with Gasteiger partial charge in [-0.15, -0.1) is 0 Å². The predicted octanol–water partition coefficient (Wildman–Crippen LogP) is 2.63. The molecule has 0 aliphatic heterocycles. The van der Waals surface area contributed by atoms with Crippen LogP contribution in [0.15, 0.2) is 12.3 Å². The maximum Gasteiger partial charge on any atom is 0.213 e. The molecular weight excluding hydrogens is 212 g/mol. The molecule has 1 aromatic heterocycles. The van der Waals surface area contributed by atoms with Gasteiger partial charge in [-0.05, 0) is 26.0 Å². The van der Waals surface area contributed by atoms with Gasteiger partial charge in [0.25, 0.3) is 0 Å². The molecule has 0 aliphatic carbocycles. The third-order valence-electron chi connectivity index (χ3n) is 1.83. The molecule has 15 heavy (non-hydrogen) atoms. The average molecular weight is 229 g/mol. The van der Waals surface area contributed by atoms with Gasteiger partial charge < -0.3 is 10.1 Å². The molecule has 3 nitrogen and oxygen atoms in total. The second-order valence-corrected chi connectivity index (χ2v) is 3.97. The summed E-state index contributed by atoms with van der Waals surface area (Å²) in [6, 6.07) is 1.88. The number of nitrogens with zero attached hydrogens (tertiary/aromatic N) is 1. The Hall–Kier alpha value is -0.800. The highest BCUT2D eigenvalue weighted by Crippen LogP contribution is 2.19. The van der Waals surface area contributed by atoms with Crippen molar-refractivity contribution in [2.75, 3.05) is 6.54 Å². The summed E-state index contributed by atoms with van der Waals surface area (Å²) >= 11 is 6.01. The summed E-state index contributed by atoms with van der Waals surface area (Å²) in [5.74, 6) is 0.627. The molecule has 0 amide bonds. The molecule has 0 unspecified atom stereocenters. The van der Waals surface area contributed by atoms with Gasteiger partial charge >= 0.3 is 0 Å². The van der Waals surface area contributed by atoms with Gasteiger partial charge in [-0.1, -0.05) is 18.5 Å². The van der Waals surface area contributed by atoms with Gasteiger partial charge in [-0.3, -0.25) is 0 Å². The Kier molecular flexibility index (Phi) is 4.85. The first-order chi connectivity index (χ1) is 7.13. The summed E-state index contributed by atoms with van der Waals surface area (Å²) in [5.41, 5.74) is 1.02. The van der Waals surface area contributed by atoms with Crippen LogP contribution in [0.3, 0.4) is 0 Å². The smallest absolute Gasteiger partial charge is 0.213 e. The molecule has 84 valence electrons. The number of halogens is 1. The van der Waals surface area contributed by atoms with E-state index in [0.717, 1.165) is 18.7 Å². The fourth-order valence-corrected chi connectivity index (χ4v) is 1.33. The largest absolute Gasteiger partial charge is 0.475 e. The molecule has 0 bridgehead atoms. The van der Waals surface area contributed by atoms with E-state index in [2.05, 4.69) is 17.2 Å². The number of hydrogen-bond acceptors (Lipinski definition) is 3. The lowest BCUT2D eigenvalue weighted by molar-refractivity contribution is 0.232. The third-order valence-corrected chi connectivity index (χ3v) is 2.17. The highest BCUT2D eigenvalue weighted by molar-refractivity contribution is 6.31. The maximum absolute atomic E-state index is 6.01. The van der Waals surface area contributed by atoms with Gasteiger partial charge in [0.1, 0.15) is 0 Å². The van der Waals surface area contributed by atoms with Crippen LogP contribution in [-0.2, 0) is 6.54 Å². The predicted molar refractivity (Wildman–Crippen MR) is 62.4 cm³/mol. The number of pyridine rings is 1. The molecule has 0 aliphatic rings. The number of aromatic nitrogens is 1. The van der Waals surface area contributed by atoms with Crippen LogP contribution in [0, 0.1) is 0 Å². The summed E-state index contributed by atoms with van der Waals surface area (Å²) in [5, 5.41) is 3.89. The Bertz CT molecular complexity index is 315. The van der Waals surface area contributed by atoms with Crippen molar-refractivity contribution in [3.05, 3.63) is 22.8 Å². The first-order valence-electron chi connectivity index (χ1n) is 5.15. The topological polar surface area (TPSA) is 34.1 Å². The first-order valence-corrected chi connectivity index (χ1v) is 5.53. The van der Waals surface area contributed by atoms with Gasteiger partial charge in [-0.25, -0.2) is 4.98 Å². The van der Waals surface area contributed by atoms with E-state index in [1.165, 1.54) is 0 Å². The van der Waals surface area contributed by atoms with E-state index in [1.54, 1.807) is 6.20 Å². The summed E-state index contributed by atoms with van der Waals surface area (Å²) < 4.78 is 5.49. The number of ether oxygens (including phenoxy) is 1. The molecular formula is C11H17ClN2O. The number of rotatable bonds is 5. The Labute approximate surface area is 95.8 Å². The molecule has 0 aromatic carbocycles. The zero-order chi connectivity index (χ0) is 11.3. The lowest BCUT2D eigenvalue weighted by atomic mass is 10.2. The van der Waals surface area contributed by atoms with Gasteiger partial charge in [0.05, 0.1) is 11.1 Å². The summed E-state index contributed by atoms with van der Waals surface area (Å²) in [6.07, 6.45) is 1.76. The maximum atomic E-state index is 6.01. The zero-order valence-electron chi connectivity index (χ0n) is 9.38. The van der Waals surface area contributed by atoms with E-state index in [-0.39, 0.29) is 6.10 Å². The van der Waals surface area contributed by atoms with Crippen LogP contribution in [0.4, 0.5) is 0 Å². The third kappa shape index (κ3) is 4.06. The zero-order valence-corrected chi connectivity index (χ0v) is 10.1. The molecule has 4 heteroatoms. The standard InChI is InChI=1S/C11H17ClN2O/c1-4-13-6-9-5-11(15-8(2)3)14-7-10(9)12/h5,7-8,13H,4,6H2,1-3H3. The van der Waals surface area contributed by atoms with Crippen molar-refractivity contribution in [3.63, 3.8) is 0 Å². The van der Waals surface area contributed by atoms with Crippen molar-refractivity contribution >= 4 is 11.6 Å². The van der Waals surface area contributed by atoms with Crippen LogP contribution in [0.2, 0.25) is 5.02 Å². The second-order valence-electron chi connectivity index (χ2n) is 3.56. The molecule has 0 spiro atoms. The molecule has 1 heterocycles. The van der Waals surface area contributed by atoms with Gasteiger partial charge in [0.15, 0.2) is 0 Å². The van der Waals surface area contributed by atoms with Crippen LogP contribution in [0.5, 0.6) is 5.88 Å². The lowest BCUT2D eigenvalue weighted by Gasteiger charge is -2.11. The molecule has 1 aromatic rings. The lowest BCUT2D eigenvalue weighted by Crippen LogP contribution is -2.13. The van der Waals surface area contributed by atoms with Gasteiger partial charge in [-0.2, -0.15) is 0 Å². The summed E-state index contributed by atoms with van der Waals surface area (Å²) in [6.45, 7) is 7.66. The average Bonchev–Trinajstić information content (AvgIpc) is 2.18. The quantitative estimate of drug-likeness (QED) is 0.842. The minimum Gasteiger partial charge on any atom is -0.475 e. The summed E-state index contributed by atoms with van der Waals surface area (Å²) in [4.78, 5) is 4.11. The van der Waals surface area contributed by atoms with Crippen molar-refractivity contribution in [3.8, 4) is 5.88 Å². The fraction of sp³-hybridized carbons (Fsp3) is 0.545. The molecule has 1 rings (SSSR count). The normalized spacial score (nSPS) is 10.7. The van der Waals surface area contributed by atoms with E-state index in [0.29, 0.717) is 10.9 Å². The van der Waals surface area contributed by atoms with Crippen molar-refractivity contribution in [2.24, 2.45) is 0 Å². The van der Waals surface area contributed by atoms with Crippen LogP contribution in [0.25, 0.3) is 0 Å². The molecule has 0 radical (unpaired) electrons. The highest BCUT2D eigenvalue weighted by atomic mass is 35.5. The number of nitrogens with one attached hydrogen (secondary N) is 1. The van der Waals surface area contributed by atoms with Crippen LogP contribution in [0.1, 0.15) is 26.3 Å². The minimum absolute atomic E-state index is 0.130. The van der Waals surface area contributed by atoms with E-state index in [9.17, 15) is 0 Å². The van der Waals surface area contributed by atoms with E-state index in [1.807, 2.05) is 19.9 Å². The van der Waals surface area contributed by atoms with Gasteiger partial charge in [0.2, 0.25) is 5.88 Å². The Morgan fingerprint density at radius 1 is 1.53 bits per heavy atom. The second kappa shape index (κ2) is 5.93. The van der Waals surface area contributed by atoms with Crippen LogP contribution < -0.4 is 10.1 Å². The van der Waals surface area contributed by atoms with Crippen LogP contribution >= 0.6 is 11.6 Å². The van der Waals surface area contributed by atoms with Crippen LogP contribution in [-0.4, -0.2) is 17.6 Å². The molecule has 0 fully saturated rings. The minimum atomic E-state index is 0.130. The fourth-order valence-electron chi connectivity index (χ4n) is 1.16. The Morgan fingerprint density at radius 2 is 2.27 bits per heavy atom. The van der Waals surface area contributed by atoms with Gasteiger partial charge in [0, 0.05) is 18.8 Å². The van der Waals surface area contributed by atoms with E-state index >= 15 is 0 Å². The molecule has 0 saturated carbocycles. The Balaban J connectivity index is 2.75. The van der Waals surface area contributed by atoms with Crippen molar-refractivity contribution in [2.45, 2.75) is 33.4 Å². The van der Waals surface area contributed by atoms with Crippen molar-refractivity contribution in [1.82, 2.24) is 10.3 Å². The van der Waals surface area contributed by atoms with E-state index in [4.69, 9.17) is 16.3 Å². The van der Waals surface area contributed by atoms with Crippen molar-refractivity contribution in [1.29, 1.82) is 0 Å². The molecule has 0 saturated heterocycles.